The summed E-state index contributed by atoms with van der Waals surface area (Å²) in [7, 11) is 0. The monoisotopic (exact) mass is 226 g/mol. The average molecular weight is 226 g/mol. The van der Waals surface area contributed by atoms with Gasteiger partial charge in [0.1, 0.15) is 0 Å². The summed E-state index contributed by atoms with van der Waals surface area (Å²) in [5.74, 6) is 0.325. The summed E-state index contributed by atoms with van der Waals surface area (Å²) in [6, 6.07) is 0. The predicted molar refractivity (Wildman–Crippen MR) is 66.5 cm³/mol. The molecule has 0 saturated heterocycles. The van der Waals surface area contributed by atoms with E-state index in [0.29, 0.717) is 6.42 Å². The maximum Gasteiger partial charge on any atom is 0.303 e. The van der Waals surface area contributed by atoms with E-state index in [4.69, 9.17) is 5.11 Å². The molecule has 0 heterocycles. The molecule has 2 nitrogen and oxygen atoms in total. The Labute approximate surface area is 99.4 Å². The van der Waals surface area contributed by atoms with E-state index in [1.165, 1.54) is 57.8 Å². The van der Waals surface area contributed by atoms with Gasteiger partial charge >= 0.3 is 5.97 Å². The average Bonchev–Trinajstić information content (AvgIpc) is 2.51. The van der Waals surface area contributed by atoms with Crippen molar-refractivity contribution in [1.82, 2.24) is 0 Å². The summed E-state index contributed by atoms with van der Waals surface area (Å²) in [6.07, 6.45) is 14.9. The van der Waals surface area contributed by atoms with Gasteiger partial charge in [-0.1, -0.05) is 64.2 Å². The third-order valence-electron chi connectivity index (χ3n) is 3.73. The zero-order chi connectivity index (χ0) is 11.6. The first-order valence-corrected chi connectivity index (χ1v) is 7.01. The number of carboxylic acid groups (broad SMARTS) is 1. The zero-order valence-corrected chi connectivity index (χ0v) is 10.4. The molecule has 0 unspecified atom stereocenters. The second-order valence-corrected chi connectivity index (χ2v) is 5.20. The first kappa shape index (κ1) is 13.5. The molecule has 1 N–H and O–H groups in total. The van der Waals surface area contributed by atoms with Crippen LogP contribution in [0, 0.1) is 5.92 Å². The van der Waals surface area contributed by atoms with Gasteiger partial charge in [0, 0.05) is 6.42 Å². The molecule has 0 aromatic carbocycles. The SMILES string of the molecule is O=C(O)CCCCCCC1CCCCCC1. The molecule has 94 valence electrons. The molecule has 1 rings (SSSR count). The van der Waals surface area contributed by atoms with Crippen molar-refractivity contribution in [2.75, 3.05) is 0 Å². The van der Waals surface area contributed by atoms with E-state index in [1.54, 1.807) is 0 Å². The summed E-state index contributed by atoms with van der Waals surface area (Å²) in [4.78, 5) is 10.3. The minimum atomic E-state index is -0.649. The highest BCUT2D eigenvalue weighted by Gasteiger charge is 2.11. The van der Waals surface area contributed by atoms with E-state index < -0.39 is 5.97 Å². The lowest BCUT2D eigenvalue weighted by Gasteiger charge is -2.13. The molecule has 0 amide bonds. The predicted octanol–water partition coefficient (Wildman–Crippen LogP) is 4.38. The fourth-order valence-electron chi connectivity index (χ4n) is 2.72. The van der Waals surface area contributed by atoms with E-state index in [0.717, 1.165) is 18.8 Å². The molecule has 0 spiro atoms. The van der Waals surface area contributed by atoms with Crippen molar-refractivity contribution in [3.63, 3.8) is 0 Å². The molecule has 1 fully saturated rings. The normalized spacial score (nSPS) is 18.2. The van der Waals surface area contributed by atoms with Crippen LogP contribution in [0.15, 0.2) is 0 Å². The van der Waals surface area contributed by atoms with Crippen LogP contribution in [-0.2, 0) is 4.79 Å². The summed E-state index contributed by atoms with van der Waals surface area (Å²) in [5, 5.41) is 8.51. The summed E-state index contributed by atoms with van der Waals surface area (Å²) >= 11 is 0. The van der Waals surface area contributed by atoms with Crippen molar-refractivity contribution in [3.05, 3.63) is 0 Å². The van der Waals surface area contributed by atoms with Gasteiger partial charge in [0.2, 0.25) is 0 Å². The Kier molecular flexibility index (Phi) is 7.28. The molecule has 0 bridgehead atoms. The van der Waals surface area contributed by atoms with Crippen LogP contribution in [0.5, 0.6) is 0 Å². The van der Waals surface area contributed by atoms with Gasteiger partial charge in [0.15, 0.2) is 0 Å². The Hall–Kier alpha value is -0.530. The molecular weight excluding hydrogens is 200 g/mol. The van der Waals surface area contributed by atoms with Crippen LogP contribution < -0.4 is 0 Å². The lowest BCUT2D eigenvalue weighted by atomic mass is 9.93. The number of aliphatic carboxylic acids is 1. The molecule has 0 aromatic rings. The van der Waals surface area contributed by atoms with E-state index in [9.17, 15) is 4.79 Å². The molecular formula is C14H26O2. The first-order chi connectivity index (χ1) is 7.79. The van der Waals surface area contributed by atoms with Crippen molar-refractivity contribution < 1.29 is 9.90 Å². The highest BCUT2D eigenvalue weighted by atomic mass is 16.4. The van der Waals surface area contributed by atoms with Crippen LogP contribution in [0.4, 0.5) is 0 Å². The Bertz CT molecular complexity index is 181. The Morgan fingerprint density at radius 1 is 0.938 bits per heavy atom. The number of unbranched alkanes of at least 4 members (excludes halogenated alkanes) is 3. The third kappa shape index (κ3) is 6.86. The standard InChI is InChI=1S/C14H26O2/c15-14(16)12-8-4-3-7-11-13-9-5-1-2-6-10-13/h13H,1-12H2,(H,15,16). The highest BCUT2D eigenvalue weighted by Crippen LogP contribution is 2.27. The molecule has 0 aliphatic heterocycles. The Morgan fingerprint density at radius 2 is 1.56 bits per heavy atom. The van der Waals surface area contributed by atoms with Crippen molar-refractivity contribution in [1.29, 1.82) is 0 Å². The maximum atomic E-state index is 10.3. The van der Waals surface area contributed by atoms with Crippen molar-refractivity contribution in [3.8, 4) is 0 Å². The summed E-state index contributed by atoms with van der Waals surface area (Å²) in [6.45, 7) is 0. The molecule has 16 heavy (non-hydrogen) atoms. The minimum absolute atomic E-state index is 0.351. The molecule has 1 aliphatic carbocycles. The fourth-order valence-corrected chi connectivity index (χ4v) is 2.72. The van der Waals surface area contributed by atoms with E-state index >= 15 is 0 Å². The Balaban J connectivity index is 1.91. The van der Waals surface area contributed by atoms with Crippen LogP contribution >= 0.6 is 0 Å². The number of hydrogen-bond donors (Lipinski definition) is 1. The topological polar surface area (TPSA) is 37.3 Å². The summed E-state index contributed by atoms with van der Waals surface area (Å²) < 4.78 is 0. The highest BCUT2D eigenvalue weighted by molar-refractivity contribution is 5.66. The number of carbonyl (C=O) groups is 1. The van der Waals surface area contributed by atoms with Gasteiger partial charge in [-0.05, 0) is 12.3 Å². The van der Waals surface area contributed by atoms with Crippen molar-refractivity contribution in [2.45, 2.75) is 77.0 Å². The summed E-state index contributed by atoms with van der Waals surface area (Å²) in [5.41, 5.74) is 0. The van der Waals surface area contributed by atoms with Gasteiger partial charge < -0.3 is 5.11 Å². The molecule has 1 aliphatic rings. The lowest BCUT2D eigenvalue weighted by Crippen LogP contribution is -1.98. The van der Waals surface area contributed by atoms with Gasteiger partial charge in [-0.15, -0.1) is 0 Å². The van der Waals surface area contributed by atoms with Gasteiger partial charge in [0.25, 0.3) is 0 Å². The van der Waals surface area contributed by atoms with Crippen LogP contribution in [0.1, 0.15) is 77.0 Å². The smallest absolute Gasteiger partial charge is 0.303 e. The van der Waals surface area contributed by atoms with Crippen molar-refractivity contribution >= 4 is 5.97 Å². The van der Waals surface area contributed by atoms with Crippen LogP contribution in [0.3, 0.4) is 0 Å². The fraction of sp³-hybridized carbons (Fsp3) is 0.929. The second-order valence-electron chi connectivity index (χ2n) is 5.20. The second kappa shape index (κ2) is 8.60. The minimum Gasteiger partial charge on any atom is -0.481 e. The van der Waals surface area contributed by atoms with Gasteiger partial charge in [-0.3, -0.25) is 4.79 Å². The number of hydrogen-bond acceptors (Lipinski definition) is 1. The first-order valence-electron chi connectivity index (χ1n) is 7.01. The molecule has 0 radical (unpaired) electrons. The van der Waals surface area contributed by atoms with E-state index in [2.05, 4.69) is 0 Å². The third-order valence-corrected chi connectivity index (χ3v) is 3.73. The van der Waals surface area contributed by atoms with Gasteiger partial charge in [-0.25, -0.2) is 0 Å². The largest absolute Gasteiger partial charge is 0.481 e. The molecule has 0 atom stereocenters. The van der Waals surface area contributed by atoms with Crippen LogP contribution in [0.25, 0.3) is 0 Å². The molecule has 1 saturated carbocycles. The number of rotatable bonds is 7. The lowest BCUT2D eigenvalue weighted by molar-refractivity contribution is -0.137. The zero-order valence-electron chi connectivity index (χ0n) is 10.4. The molecule has 2 heteroatoms. The van der Waals surface area contributed by atoms with Crippen LogP contribution in [0.2, 0.25) is 0 Å². The van der Waals surface area contributed by atoms with Gasteiger partial charge in [-0.2, -0.15) is 0 Å². The molecule has 0 aromatic heterocycles. The maximum absolute atomic E-state index is 10.3. The van der Waals surface area contributed by atoms with E-state index in [1.807, 2.05) is 0 Å². The number of carboxylic acids is 1. The van der Waals surface area contributed by atoms with Crippen LogP contribution in [-0.4, -0.2) is 11.1 Å². The quantitative estimate of drug-likeness (QED) is 0.516. The van der Waals surface area contributed by atoms with Gasteiger partial charge in [0.05, 0.1) is 0 Å². The Morgan fingerprint density at radius 3 is 2.19 bits per heavy atom. The van der Waals surface area contributed by atoms with Crippen molar-refractivity contribution in [2.24, 2.45) is 5.92 Å². The van der Waals surface area contributed by atoms with E-state index in [-0.39, 0.29) is 0 Å².